The molecule has 1 aliphatic rings. The van der Waals surface area contributed by atoms with Gasteiger partial charge in [-0.25, -0.2) is 0 Å². The smallest absolute Gasteiger partial charge is 0.0208 e. The van der Waals surface area contributed by atoms with Gasteiger partial charge in [-0.3, -0.25) is 0 Å². The highest BCUT2D eigenvalue weighted by molar-refractivity contribution is 5.69. The van der Waals surface area contributed by atoms with Crippen molar-refractivity contribution >= 4 is 12.2 Å². The molecule has 1 heteroatoms. The van der Waals surface area contributed by atoms with Crippen molar-refractivity contribution in [2.45, 2.75) is 13.0 Å². The summed E-state index contributed by atoms with van der Waals surface area (Å²) in [5.41, 5.74) is 5.45. The lowest BCUT2D eigenvalue weighted by Gasteiger charge is -2.15. The molecule has 3 aromatic rings. The zero-order valence-corrected chi connectivity index (χ0v) is 13.9. The van der Waals surface area contributed by atoms with Crippen molar-refractivity contribution < 1.29 is 0 Å². The van der Waals surface area contributed by atoms with E-state index in [9.17, 15) is 0 Å². The molecule has 1 N–H and O–H groups in total. The lowest BCUT2D eigenvalue weighted by atomic mass is 10.0. The van der Waals surface area contributed by atoms with Gasteiger partial charge in [-0.15, -0.1) is 0 Å². The van der Waals surface area contributed by atoms with Crippen molar-refractivity contribution in [1.29, 1.82) is 0 Å². The molecule has 0 fully saturated rings. The van der Waals surface area contributed by atoms with Gasteiger partial charge in [-0.2, -0.15) is 0 Å². The summed E-state index contributed by atoms with van der Waals surface area (Å²) < 4.78 is 0. The lowest BCUT2D eigenvalue weighted by molar-refractivity contribution is 0.644. The number of nitrogens with one attached hydrogen (secondary N) is 1. The molecule has 0 spiro atoms. The molecule has 120 valence electrons. The molecule has 1 aliphatic heterocycles. The van der Waals surface area contributed by atoms with Gasteiger partial charge in [0.2, 0.25) is 0 Å². The van der Waals surface area contributed by atoms with E-state index in [1.165, 1.54) is 28.7 Å². The summed E-state index contributed by atoms with van der Waals surface area (Å²) in [6.07, 6.45) is 5.43. The molecule has 0 atom stereocenters. The molecule has 24 heavy (non-hydrogen) atoms. The SMILES string of the molecule is C(=Cc1ccccc1)c1ccccc1.c1ccc2c(c1)CCNC2. The number of hydrogen-bond acceptors (Lipinski definition) is 1. The van der Waals surface area contributed by atoms with E-state index in [2.05, 4.69) is 66.0 Å². The van der Waals surface area contributed by atoms with Gasteiger partial charge in [0.25, 0.3) is 0 Å². The van der Waals surface area contributed by atoms with E-state index in [1.54, 1.807) is 0 Å². The minimum atomic E-state index is 1.05. The van der Waals surface area contributed by atoms with Gasteiger partial charge in [0.05, 0.1) is 0 Å². The minimum Gasteiger partial charge on any atom is -0.312 e. The quantitative estimate of drug-likeness (QED) is 0.642. The largest absolute Gasteiger partial charge is 0.312 e. The van der Waals surface area contributed by atoms with E-state index >= 15 is 0 Å². The van der Waals surface area contributed by atoms with Crippen LogP contribution in [0.3, 0.4) is 0 Å². The molecule has 0 amide bonds. The van der Waals surface area contributed by atoms with Crippen molar-refractivity contribution in [1.82, 2.24) is 5.32 Å². The van der Waals surface area contributed by atoms with Gasteiger partial charge in [-0.1, -0.05) is 97.1 Å². The maximum Gasteiger partial charge on any atom is 0.0208 e. The Morgan fingerprint density at radius 3 is 1.62 bits per heavy atom. The standard InChI is InChI=1S/C14H12.C9H11N/c1-3-7-13(8-4-1)11-12-14-9-5-2-6-10-14;1-2-4-9-7-10-6-5-8(9)3-1/h1-12H;1-4,10H,5-7H2. The monoisotopic (exact) mass is 313 g/mol. The molecule has 0 saturated carbocycles. The van der Waals surface area contributed by atoms with Crippen LogP contribution in [0, 0.1) is 0 Å². The predicted molar refractivity (Wildman–Crippen MR) is 104 cm³/mol. The van der Waals surface area contributed by atoms with E-state index < -0.39 is 0 Å². The molecule has 0 radical (unpaired) electrons. The first-order chi connectivity index (χ1) is 11.9. The topological polar surface area (TPSA) is 12.0 Å². The Hall–Kier alpha value is -2.64. The summed E-state index contributed by atoms with van der Waals surface area (Å²) in [5.74, 6) is 0. The molecule has 1 nitrogen and oxygen atoms in total. The van der Waals surface area contributed by atoms with Crippen LogP contribution in [0.5, 0.6) is 0 Å². The Morgan fingerprint density at radius 1 is 0.583 bits per heavy atom. The summed E-state index contributed by atoms with van der Waals surface area (Å²) in [7, 11) is 0. The fourth-order valence-electron chi connectivity index (χ4n) is 2.74. The zero-order chi connectivity index (χ0) is 16.5. The number of rotatable bonds is 2. The van der Waals surface area contributed by atoms with Crippen molar-refractivity contribution in [3.05, 3.63) is 107 Å². The van der Waals surface area contributed by atoms with E-state index in [4.69, 9.17) is 0 Å². The Morgan fingerprint density at radius 2 is 1.08 bits per heavy atom. The van der Waals surface area contributed by atoms with Crippen LogP contribution < -0.4 is 5.32 Å². The second kappa shape index (κ2) is 8.85. The average molecular weight is 313 g/mol. The Balaban J connectivity index is 0.000000149. The Labute approximate surface area is 144 Å². The van der Waals surface area contributed by atoms with Crippen molar-refractivity contribution in [3.63, 3.8) is 0 Å². The molecule has 1 heterocycles. The highest BCUT2D eigenvalue weighted by Gasteiger charge is 2.05. The summed E-state index contributed by atoms with van der Waals surface area (Å²) in [6, 6.07) is 29.3. The third kappa shape index (κ3) is 4.94. The second-order valence-electron chi connectivity index (χ2n) is 5.85. The third-order valence-electron chi connectivity index (χ3n) is 4.07. The van der Waals surface area contributed by atoms with Crippen LogP contribution in [-0.4, -0.2) is 6.54 Å². The Kier molecular flexibility index (Phi) is 5.99. The summed E-state index contributed by atoms with van der Waals surface area (Å²) in [4.78, 5) is 0. The normalized spacial score (nSPS) is 13.0. The van der Waals surface area contributed by atoms with Crippen molar-refractivity contribution in [2.75, 3.05) is 6.54 Å². The molecular formula is C23H23N. The van der Waals surface area contributed by atoms with Crippen LogP contribution in [-0.2, 0) is 13.0 Å². The first-order valence-corrected chi connectivity index (χ1v) is 8.47. The third-order valence-corrected chi connectivity index (χ3v) is 4.07. The molecule has 4 rings (SSSR count). The fraction of sp³-hybridized carbons (Fsp3) is 0.130. The molecule has 0 saturated heterocycles. The predicted octanol–water partition coefficient (Wildman–Crippen LogP) is 5.19. The molecule has 3 aromatic carbocycles. The van der Waals surface area contributed by atoms with Crippen LogP contribution in [0.4, 0.5) is 0 Å². The van der Waals surface area contributed by atoms with E-state index in [1.807, 2.05) is 36.4 Å². The van der Waals surface area contributed by atoms with Gasteiger partial charge >= 0.3 is 0 Å². The number of hydrogen-bond donors (Lipinski definition) is 1. The number of benzene rings is 3. The van der Waals surface area contributed by atoms with Crippen LogP contribution in [0.25, 0.3) is 12.2 Å². The van der Waals surface area contributed by atoms with Crippen molar-refractivity contribution in [3.8, 4) is 0 Å². The van der Waals surface area contributed by atoms with Gasteiger partial charge in [0.15, 0.2) is 0 Å². The highest BCUT2D eigenvalue weighted by atomic mass is 14.9. The van der Waals surface area contributed by atoms with Crippen LogP contribution in [0.1, 0.15) is 22.3 Å². The maximum atomic E-state index is 3.34. The molecule has 0 aliphatic carbocycles. The summed E-state index contributed by atoms with van der Waals surface area (Å²) >= 11 is 0. The van der Waals surface area contributed by atoms with Gasteiger partial charge < -0.3 is 5.32 Å². The van der Waals surface area contributed by atoms with Gasteiger partial charge in [-0.05, 0) is 35.2 Å². The summed E-state index contributed by atoms with van der Waals surface area (Å²) in [6.45, 7) is 2.19. The van der Waals surface area contributed by atoms with Crippen LogP contribution >= 0.6 is 0 Å². The van der Waals surface area contributed by atoms with Crippen LogP contribution in [0.2, 0.25) is 0 Å². The van der Waals surface area contributed by atoms with Crippen LogP contribution in [0.15, 0.2) is 84.9 Å². The van der Waals surface area contributed by atoms with Gasteiger partial charge in [0.1, 0.15) is 0 Å². The lowest BCUT2D eigenvalue weighted by Crippen LogP contribution is -2.23. The fourth-order valence-corrected chi connectivity index (χ4v) is 2.74. The minimum absolute atomic E-state index is 1.05. The number of fused-ring (bicyclic) bond motifs is 1. The van der Waals surface area contributed by atoms with E-state index in [0.29, 0.717) is 0 Å². The van der Waals surface area contributed by atoms with E-state index in [0.717, 1.165) is 13.1 Å². The zero-order valence-electron chi connectivity index (χ0n) is 13.9. The molecule has 0 bridgehead atoms. The molecule has 0 unspecified atom stereocenters. The first kappa shape index (κ1) is 16.2. The maximum absolute atomic E-state index is 3.34. The average Bonchev–Trinajstić information content (AvgIpc) is 2.69. The Bertz CT molecular complexity index is 694. The first-order valence-electron chi connectivity index (χ1n) is 8.47. The van der Waals surface area contributed by atoms with E-state index in [-0.39, 0.29) is 0 Å². The highest BCUT2D eigenvalue weighted by Crippen LogP contribution is 2.11. The molecule has 0 aromatic heterocycles. The van der Waals surface area contributed by atoms with Crippen molar-refractivity contribution in [2.24, 2.45) is 0 Å². The molecular weight excluding hydrogens is 290 g/mol. The van der Waals surface area contributed by atoms with Gasteiger partial charge in [0, 0.05) is 6.54 Å². The second-order valence-corrected chi connectivity index (χ2v) is 5.85. The summed E-state index contributed by atoms with van der Waals surface area (Å²) in [5, 5.41) is 3.34.